The van der Waals surface area contributed by atoms with Crippen molar-refractivity contribution in [1.29, 1.82) is 0 Å². The largest absolute Gasteiger partial charge is 0.356 e. The Hall–Kier alpha value is -0.680. The lowest BCUT2D eigenvalue weighted by Gasteiger charge is -2.32. The lowest BCUT2D eigenvalue weighted by molar-refractivity contribution is 0.227. The summed E-state index contributed by atoms with van der Waals surface area (Å²) in [6.45, 7) is 10.0. The maximum absolute atomic E-state index is 4.53. The number of hydrogen-bond acceptors (Lipinski definition) is 5. The first-order valence-corrected chi connectivity index (χ1v) is 7.29. The number of nitrogens with one attached hydrogen (secondary N) is 1. The van der Waals surface area contributed by atoms with E-state index in [1.54, 1.807) is 0 Å². The molecule has 0 spiro atoms. The van der Waals surface area contributed by atoms with Crippen molar-refractivity contribution in [2.75, 3.05) is 25.0 Å². The Bertz CT molecular complexity index is 350. The SMILES string of the molecule is CCN1CCCC(Nc2nc(C(C)C)ns2)C1. The van der Waals surface area contributed by atoms with E-state index in [1.165, 1.54) is 30.9 Å². The number of likely N-dealkylation sites (N-methyl/N-ethyl adjacent to an activating group) is 1. The summed E-state index contributed by atoms with van der Waals surface area (Å²) in [6.07, 6.45) is 2.52. The van der Waals surface area contributed by atoms with Crippen molar-refractivity contribution >= 4 is 16.7 Å². The topological polar surface area (TPSA) is 41.0 Å². The highest BCUT2D eigenvalue weighted by molar-refractivity contribution is 7.09. The van der Waals surface area contributed by atoms with Crippen LogP contribution in [0.2, 0.25) is 0 Å². The molecular formula is C12H22N4S. The van der Waals surface area contributed by atoms with Crippen LogP contribution in [-0.2, 0) is 0 Å². The van der Waals surface area contributed by atoms with Gasteiger partial charge in [0.15, 0.2) is 0 Å². The van der Waals surface area contributed by atoms with E-state index in [2.05, 4.69) is 40.3 Å². The van der Waals surface area contributed by atoms with Crippen molar-refractivity contribution in [2.24, 2.45) is 0 Å². The number of piperidine rings is 1. The Labute approximate surface area is 108 Å². The molecular weight excluding hydrogens is 232 g/mol. The van der Waals surface area contributed by atoms with Crippen molar-refractivity contribution < 1.29 is 0 Å². The number of rotatable bonds is 4. The van der Waals surface area contributed by atoms with Gasteiger partial charge in [0, 0.05) is 30.0 Å². The Morgan fingerprint density at radius 1 is 1.53 bits per heavy atom. The molecule has 96 valence electrons. The van der Waals surface area contributed by atoms with E-state index in [0.29, 0.717) is 12.0 Å². The van der Waals surface area contributed by atoms with Crippen molar-refractivity contribution in [3.63, 3.8) is 0 Å². The third-order valence-electron chi connectivity index (χ3n) is 3.24. The van der Waals surface area contributed by atoms with E-state index in [0.717, 1.165) is 24.0 Å². The summed E-state index contributed by atoms with van der Waals surface area (Å²) in [4.78, 5) is 7.02. The molecule has 17 heavy (non-hydrogen) atoms. The third kappa shape index (κ3) is 3.39. The zero-order valence-electron chi connectivity index (χ0n) is 10.9. The highest BCUT2D eigenvalue weighted by atomic mass is 32.1. The monoisotopic (exact) mass is 254 g/mol. The highest BCUT2D eigenvalue weighted by Crippen LogP contribution is 2.20. The fourth-order valence-electron chi connectivity index (χ4n) is 2.16. The molecule has 2 heterocycles. The normalized spacial score (nSPS) is 22.0. The zero-order valence-corrected chi connectivity index (χ0v) is 11.8. The van der Waals surface area contributed by atoms with E-state index in [4.69, 9.17) is 0 Å². The van der Waals surface area contributed by atoms with Crippen LogP contribution in [0.15, 0.2) is 0 Å². The van der Waals surface area contributed by atoms with Gasteiger partial charge in [0.05, 0.1) is 0 Å². The quantitative estimate of drug-likeness (QED) is 0.896. The lowest BCUT2D eigenvalue weighted by atomic mass is 10.1. The van der Waals surface area contributed by atoms with Gasteiger partial charge in [-0.1, -0.05) is 20.8 Å². The molecule has 0 amide bonds. The van der Waals surface area contributed by atoms with Crippen LogP contribution in [0.4, 0.5) is 5.13 Å². The minimum atomic E-state index is 0.417. The van der Waals surface area contributed by atoms with Gasteiger partial charge < -0.3 is 10.2 Å². The van der Waals surface area contributed by atoms with E-state index in [1.807, 2.05) is 0 Å². The van der Waals surface area contributed by atoms with Gasteiger partial charge in [-0.15, -0.1) is 0 Å². The Morgan fingerprint density at radius 2 is 2.35 bits per heavy atom. The Morgan fingerprint density at radius 3 is 3.00 bits per heavy atom. The molecule has 5 heteroatoms. The first kappa shape index (κ1) is 12.8. The molecule has 1 N–H and O–H groups in total. The smallest absolute Gasteiger partial charge is 0.202 e. The van der Waals surface area contributed by atoms with Crippen LogP contribution in [0.1, 0.15) is 45.4 Å². The molecule has 1 aliphatic rings. The van der Waals surface area contributed by atoms with Gasteiger partial charge in [-0.05, 0) is 25.9 Å². The molecule has 1 fully saturated rings. The van der Waals surface area contributed by atoms with E-state index in [-0.39, 0.29) is 0 Å². The van der Waals surface area contributed by atoms with Crippen LogP contribution in [0.5, 0.6) is 0 Å². The maximum atomic E-state index is 4.53. The summed E-state index contributed by atoms with van der Waals surface area (Å²) in [5.74, 6) is 1.38. The van der Waals surface area contributed by atoms with Gasteiger partial charge in [-0.25, -0.2) is 4.98 Å². The molecule has 1 aromatic heterocycles. The van der Waals surface area contributed by atoms with Crippen LogP contribution in [0.3, 0.4) is 0 Å². The second-order valence-electron chi connectivity index (χ2n) is 4.99. The van der Waals surface area contributed by atoms with Crippen LogP contribution >= 0.6 is 11.5 Å². The van der Waals surface area contributed by atoms with Gasteiger partial charge in [0.25, 0.3) is 0 Å². The number of anilines is 1. The summed E-state index contributed by atoms with van der Waals surface area (Å²) in [5.41, 5.74) is 0. The van der Waals surface area contributed by atoms with Gasteiger partial charge in [0.2, 0.25) is 5.13 Å². The molecule has 1 unspecified atom stereocenters. The third-order valence-corrected chi connectivity index (χ3v) is 3.90. The van der Waals surface area contributed by atoms with Crippen LogP contribution in [0, 0.1) is 0 Å². The molecule has 0 aromatic carbocycles. The average molecular weight is 254 g/mol. The van der Waals surface area contributed by atoms with E-state index in [9.17, 15) is 0 Å². The highest BCUT2D eigenvalue weighted by Gasteiger charge is 2.19. The molecule has 0 bridgehead atoms. The van der Waals surface area contributed by atoms with Crippen molar-refractivity contribution in [3.05, 3.63) is 5.82 Å². The molecule has 2 rings (SSSR count). The molecule has 0 saturated carbocycles. The summed E-state index contributed by atoms with van der Waals surface area (Å²) in [6, 6.07) is 0.539. The second kappa shape index (κ2) is 5.78. The number of aromatic nitrogens is 2. The fourth-order valence-corrected chi connectivity index (χ4v) is 2.95. The van der Waals surface area contributed by atoms with Gasteiger partial charge in [0.1, 0.15) is 5.82 Å². The Balaban J connectivity index is 1.91. The molecule has 4 nitrogen and oxygen atoms in total. The summed E-state index contributed by atoms with van der Waals surface area (Å²) < 4.78 is 4.37. The minimum Gasteiger partial charge on any atom is -0.356 e. The van der Waals surface area contributed by atoms with Crippen molar-refractivity contribution in [2.45, 2.75) is 45.6 Å². The number of hydrogen-bond donors (Lipinski definition) is 1. The van der Waals surface area contributed by atoms with Crippen molar-refractivity contribution in [1.82, 2.24) is 14.3 Å². The van der Waals surface area contributed by atoms with Crippen LogP contribution in [0.25, 0.3) is 0 Å². The molecule has 1 saturated heterocycles. The van der Waals surface area contributed by atoms with E-state index < -0.39 is 0 Å². The summed E-state index contributed by atoms with van der Waals surface area (Å²) in [7, 11) is 0. The average Bonchev–Trinajstić information content (AvgIpc) is 2.78. The minimum absolute atomic E-state index is 0.417. The standard InChI is InChI=1S/C12H22N4S/c1-4-16-7-5-6-10(8-16)13-12-14-11(9(2)3)15-17-12/h9-10H,4-8H2,1-3H3,(H,13,14,15). The molecule has 1 aromatic rings. The fraction of sp³-hybridized carbons (Fsp3) is 0.833. The summed E-state index contributed by atoms with van der Waals surface area (Å²) in [5, 5.41) is 4.51. The molecule has 1 atom stereocenters. The second-order valence-corrected chi connectivity index (χ2v) is 5.74. The van der Waals surface area contributed by atoms with Crippen LogP contribution < -0.4 is 5.32 Å². The first-order valence-electron chi connectivity index (χ1n) is 6.51. The maximum Gasteiger partial charge on any atom is 0.202 e. The number of nitrogens with zero attached hydrogens (tertiary/aromatic N) is 3. The lowest BCUT2D eigenvalue weighted by Crippen LogP contribution is -2.41. The van der Waals surface area contributed by atoms with Gasteiger partial charge in [-0.2, -0.15) is 4.37 Å². The predicted molar refractivity (Wildman–Crippen MR) is 72.8 cm³/mol. The predicted octanol–water partition coefficient (Wildman–Crippen LogP) is 2.56. The molecule has 0 radical (unpaired) electrons. The van der Waals surface area contributed by atoms with Crippen LogP contribution in [-0.4, -0.2) is 39.9 Å². The van der Waals surface area contributed by atoms with Crippen molar-refractivity contribution in [3.8, 4) is 0 Å². The molecule has 1 aliphatic heterocycles. The van der Waals surface area contributed by atoms with Gasteiger partial charge in [-0.3, -0.25) is 0 Å². The van der Waals surface area contributed by atoms with Gasteiger partial charge >= 0.3 is 0 Å². The van der Waals surface area contributed by atoms with E-state index >= 15 is 0 Å². The number of likely N-dealkylation sites (tertiary alicyclic amines) is 1. The summed E-state index contributed by atoms with van der Waals surface area (Å²) >= 11 is 1.49. The first-order chi connectivity index (χ1) is 8.19. The zero-order chi connectivity index (χ0) is 12.3. The molecule has 0 aliphatic carbocycles. The Kier molecular flexibility index (Phi) is 4.34.